The predicted molar refractivity (Wildman–Crippen MR) is 126 cm³/mol. The number of imide groups is 1. The van der Waals surface area contributed by atoms with Crippen molar-refractivity contribution in [2.75, 3.05) is 16.8 Å². The summed E-state index contributed by atoms with van der Waals surface area (Å²) in [6, 6.07) is 13.7. The topological polar surface area (TPSA) is 92.8 Å². The zero-order chi connectivity index (χ0) is 24.0. The van der Waals surface area contributed by atoms with E-state index in [0.717, 1.165) is 18.4 Å². The highest BCUT2D eigenvalue weighted by Gasteiger charge is 2.60. The summed E-state index contributed by atoms with van der Waals surface area (Å²) in [7, 11) is 0. The molecule has 3 amide bonds. The number of ether oxygens (including phenoxy) is 1. The van der Waals surface area contributed by atoms with Gasteiger partial charge in [0.25, 0.3) is 5.91 Å². The Bertz CT molecular complexity index is 1230. The Morgan fingerprint density at radius 1 is 1.06 bits per heavy atom. The van der Waals surface area contributed by atoms with E-state index in [1.807, 2.05) is 32.0 Å². The summed E-state index contributed by atoms with van der Waals surface area (Å²) in [6.45, 7) is 3.57. The van der Waals surface area contributed by atoms with E-state index < -0.39 is 18.5 Å². The normalized spacial score (nSPS) is 24.8. The van der Waals surface area contributed by atoms with Gasteiger partial charge in [0.2, 0.25) is 11.8 Å². The van der Waals surface area contributed by atoms with Crippen LogP contribution in [0.15, 0.2) is 60.2 Å². The van der Waals surface area contributed by atoms with Crippen LogP contribution in [0.1, 0.15) is 36.2 Å². The van der Waals surface area contributed by atoms with Crippen LogP contribution in [0.2, 0.25) is 0 Å². The lowest BCUT2D eigenvalue weighted by Gasteiger charge is -2.19. The molecule has 2 fully saturated rings. The average Bonchev–Trinajstić information content (AvgIpc) is 3.48. The van der Waals surface area contributed by atoms with Crippen LogP contribution >= 0.6 is 0 Å². The number of aryl methyl sites for hydroxylation is 1. The Hall–Kier alpha value is -3.74. The zero-order valence-corrected chi connectivity index (χ0v) is 19.1. The molecule has 2 aromatic carbocycles. The number of esters is 1. The van der Waals surface area contributed by atoms with Gasteiger partial charge < -0.3 is 10.1 Å². The van der Waals surface area contributed by atoms with Crippen LogP contribution in [0, 0.1) is 23.7 Å². The van der Waals surface area contributed by atoms with Crippen LogP contribution < -0.4 is 10.2 Å². The number of amides is 3. The van der Waals surface area contributed by atoms with Crippen molar-refractivity contribution < 1.29 is 23.9 Å². The fourth-order valence-corrected chi connectivity index (χ4v) is 5.65. The lowest BCUT2D eigenvalue weighted by Crippen LogP contribution is -2.33. The number of nitrogens with one attached hydrogen (secondary N) is 1. The van der Waals surface area contributed by atoms with Crippen molar-refractivity contribution in [3.05, 3.63) is 71.3 Å². The molecule has 1 saturated heterocycles. The quantitative estimate of drug-likeness (QED) is 0.404. The number of nitrogens with zero attached hydrogens (tertiary/aromatic N) is 1. The van der Waals surface area contributed by atoms with Crippen LogP contribution in [-0.2, 0) is 25.5 Å². The van der Waals surface area contributed by atoms with Gasteiger partial charge in [-0.25, -0.2) is 9.69 Å². The Morgan fingerprint density at radius 3 is 2.62 bits per heavy atom. The Kier molecular flexibility index (Phi) is 5.55. The lowest BCUT2D eigenvalue weighted by molar-refractivity contribution is -0.123. The molecule has 7 nitrogen and oxygen atoms in total. The monoisotopic (exact) mass is 458 g/mol. The maximum atomic E-state index is 13.2. The molecule has 2 aromatic rings. The molecule has 2 aliphatic carbocycles. The average molecular weight is 459 g/mol. The highest BCUT2D eigenvalue weighted by atomic mass is 16.5. The minimum Gasteiger partial charge on any atom is -0.452 e. The molecule has 3 aliphatic rings. The van der Waals surface area contributed by atoms with Gasteiger partial charge in [-0.15, -0.1) is 0 Å². The summed E-state index contributed by atoms with van der Waals surface area (Å²) < 4.78 is 5.19. The van der Waals surface area contributed by atoms with Gasteiger partial charge in [-0.1, -0.05) is 42.8 Å². The highest BCUT2D eigenvalue weighted by Crippen LogP contribution is 2.55. The number of para-hydroxylation sites is 1. The van der Waals surface area contributed by atoms with E-state index in [0.29, 0.717) is 11.4 Å². The van der Waals surface area contributed by atoms with Gasteiger partial charge in [0.1, 0.15) is 0 Å². The van der Waals surface area contributed by atoms with E-state index in [9.17, 15) is 19.2 Å². The number of carbonyl (C=O) groups is 4. The van der Waals surface area contributed by atoms with Crippen LogP contribution in [0.25, 0.3) is 0 Å². The second-order valence-corrected chi connectivity index (χ2v) is 9.17. The zero-order valence-electron chi connectivity index (χ0n) is 19.1. The first kappa shape index (κ1) is 22.1. The third-order valence-electron chi connectivity index (χ3n) is 7.23. The maximum Gasteiger partial charge on any atom is 0.338 e. The number of benzene rings is 2. The molecule has 1 heterocycles. The molecular weight excluding hydrogens is 432 g/mol. The van der Waals surface area contributed by atoms with Crippen LogP contribution in [0.5, 0.6) is 0 Å². The molecule has 0 unspecified atom stereocenters. The van der Waals surface area contributed by atoms with Gasteiger partial charge in [-0.05, 0) is 61.4 Å². The van der Waals surface area contributed by atoms with Crippen molar-refractivity contribution >= 4 is 35.1 Å². The number of anilines is 2. The van der Waals surface area contributed by atoms with Gasteiger partial charge in [0, 0.05) is 5.69 Å². The van der Waals surface area contributed by atoms with Crippen molar-refractivity contribution in [3.63, 3.8) is 0 Å². The van der Waals surface area contributed by atoms with E-state index in [1.54, 1.807) is 18.2 Å². The molecule has 1 N–H and O–H groups in total. The van der Waals surface area contributed by atoms with Crippen LogP contribution in [0.4, 0.5) is 11.4 Å². The summed E-state index contributed by atoms with van der Waals surface area (Å²) >= 11 is 0. The smallest absolute Gasteiger partial charge is 0.338 e. The van der Waals surface area contributed by atoms with Gasteiger partial charge in [-0.2, -0.15) is 0 Å². The van der Waals surface area contributed by atoms with Crippen LogP contribution in [0.3, 0.4) is 0 Å². The molecule has 0 aromatic heterocycles. The molecule has 1 aliphatic heterocycles. The Morgan fingerprint density at radius 2 is 1.82 bits per heavy atom. The van der Waals surface area contributed by atoms with E-state index in [2.05, 4.69) is 11.4 Å². The summed E-state index contributed by atoms with van der Waals surface area (Å²) in [4.78, 5) is 52.4. The fraction of sp³-hybridized carbons (Fsp3) is 0.333. The number of fused-ring (bicyclic) bond motifs is 5. The van der Waals surface area contributed by atoms with Crippen molar-refractivity contribution in [1.29, 1.82) is 0 Å². The van der Waals surface area contributed by atoms with Gasteiger partial charge in [-0.3, -0.25) is 14.4 Å². The Balaban J connectivity index is 1.26. The second kappa shape index (κ2) is 8.56. The molecule has 174 valence electrons. The van der Waals surface area contributed by atoms with Crippen molar-refractivity contribution in [3.8, 4) is 0 Å². The van der Waals surface area contributed by atoms with E-state index in [1.165, 1.54) is 22.6 Å². The molecule has 4 atom stereocenters. The maximum absolute atomic E-state index is 13.2. The minimum atomic E-state index is -0.697. The molecule has 34 heavy (non-hydrogen) atoms. The largest absolute Gasteiger partial charge is 0.452 e. The van der Waals surface area contributed by atoms with Crippen LogP contribution in [-0.4, -0.2) is 30.3 Å². The first-order valence-electron chi connectivity index (χ1n) is 11.6. The standard InChI is InChI=1S/C27H26N2O5/c1-3-16-7-4-5-10-21(16)28-22(30)14-34-27(33)17-8-6-9-19(12-17)29-25(31)23-18-11-15(2)20(13-18)24(23)26(29)32/h4-12,18,20,23-24H,3,13-14H2,1-2H3,(H,28,30)/t18-,20+,23+,24+/m0/s1. The number of rotatable bonds is 6. The van der Waals surface area contributed by atoms with E-state index in [4.69, 9.17) is 4.74 Å². The third-order valence-corrected chi connectivity index (χ3v) is 7.23. The molecule has 0 radical (unpaired) electrons. The second-order valence-electron chi connectivity index (χ2n) is 9.17. The summed E-state index contributed by atoms with van der Waals surface area (Å²) in [5.41, 5.74) is 3.39. The number of carbonyl (C=O) groups excluding carboxylic acids is 4. The Labute approximate surface area is 197 Å². The van der Waals surface area contributed by atoms with Gasteiger partial charge in [0.15, 0.2) is 6.61 Å². The lowest BCUT2D eigenvalue weighted by atomic mass is 9.82. The van der Waals surface area contributed by atoms with E-state index in [-0.39, 0.29) is 41.0 Å². The van der Waals surface area contributed by atoms with Gasteiger partial charge >= 0.3 is 5.97 Å². The molecule has 2 bridgehead atoms. The first-order valence-corrected chi connectivity index (χ1v) is 11.6. The van der Waals surface area contributed by atoms with Gasteiger partial charge in [0.05, 0.1) is 23.1 Å². The fourth-order valence-electron chi connectivity index (χ4n) is 5.65. The molecule has 7 heteroatoms. The summed E-state index contributed by atoms with van der Waals surface area (Å²) in [5.74, 6) is -1.93. The van der Waals surface area contributed by atoms with Crippen molar-refractivity contribution in [2.24, 2.45) is 23.7 Å². The SMILES string of the molecule is CCc1ccccc1NC(=O)COC(=O)c1cccc(N2C(=O)[C@H]3[C@H](C2=O)[C@H]2C=C(C)[C@H]3C2)c1. The molecule has 1 saturated carbocycles. The molecule has 0 spiro atoms. The molecule has 5 rings (SSSR count). The number of hydrogen-bond donors (Lipinski definition) is 1. The summed E-state index contributed by atoms with van der Waals surface area (Å²) in [6.07, 6.45) is 3.75. The third kappa shape index (κ3) is 3.61. The van der Waals surface area contributed by atoms with Crippen molar-refractivity contribution in [2.45, 2.75) is 26.7 Å². The predicted octanol–water partition coefficient (Wildman–Crippen LogP) is 3.75. The van der Waals surface area contributed by atoms with Crippen molar-refractivity contribution in [1.82, 2.24) is 0 Å². The summed E-state index contributed by atoms with van der Waals surface area (Å²) in [5, 5.41) is 2.76. The first-order chi connectivity index (χ1) is 16.4. The number of hydrogen-bond acceptors (Lipinski definition) is 5. The molecular formula is C27H26N2O5. The van der Waals surface area contributed by atoms with E-state index >= 15 is 0 Å². The number of allylic oxidation sites excluding steroid dienone is 2. The highest BCUT2D eigenvalue weighted by molar-refractivity contribution is 6.23. The minimum absolute atomic E-state index is 0.112.